The number of benzene rings is 1. The lowest BCUT2D eigenvalue weighted by molar-refractivity contribution is -0.128. The number of hydrogen-bond donors (Lipinski definition) is 0. The van der Waals surface area contributed by atoms with Crippen molar-refractivity contribution in [1.29, 1.82) is 0 Å². The van der Waals surface area contributed by atoms with Crippen molar-refractivity contribution in [2.45, 2.75) is 20.8 Å². The molecule has 0 aromatic heterocycles. The zero-order chi connectivity index (χ0) is 10.8. The molecule has 2 heteroatoms. The molecule has 0 atom stereocenters. The van der Waals surface area contributed by atoms with Gasteiger partial charge in [0.05, 0.1) is 0 Å². The van der Waals surface area contributed by atoms with Gasteiger partial charge in [0.1, 0.15) is 0 Å². The summed E-state index contributed by atoms with van der Waals surface area (Å²) in [7, 11) is 0. The summed E-state index contributed by atoms with van der Waals surface area (Å²) in [5, 5.41) is 0. The number of rotatable bonds is 2. The number of carbonyl (C=O) groups excluding carboxylic acids is 1. The van der Waals surface area contributed by atoms with Gasteiger partial charge >= 0.3 is 0 Å². The predicted molar refractivity (Wildman–Crippen MR) is 60.0 cm³/mol. The standard InChI is InChI=1S/C6H13NO.C6H6/c1-4-7(5-2)6(3)8;1-2-4-6-5-3-1/h4-5H2,1-3H3;1-6H. The molecule has 0 N–H and O–H groups in total. The van der Waals surface area contributed by atoms with E-state index >= 15 is 0 Å². The minimum absolute atomic E-state index is 0.162. The molecule has 1 aromatic carbocycles. The van der Waals surface area contributed by atoms with E-state index in [9.17, 15) is 4.79 Å². The monoisotopic (exact) mass is 193 g/mol. The quantitative estimate of drug-likeness (QED) is 0.707. The van der Waals surface area contributed by atoms with Crippen LogP contribution in [0.2, 0.25) is 0 Å². The highest BCUT2D eigenvalue weighted by Gasteiger charge is 1.99. The molecular formula is C12H19NO. The molecule has 0 spiro atoms. The van der Waals surface area contributed by atoms with Crippen LogP contribution >= 0.6 is 0 Å². The molecule has 0 aliphatic heterocycles. The van der Waals surface area contributed by atoms with Crippen LogP contribution in [-0.2, 0) is 4.79 Å². The molecule has 1 rings (SSSR count). The van der Waals surface area contributed by atoms with E-state index < -0.39 is 0 Å². The van der Waals surface area contributed by atoms with Crippen LogP contribution < -0.4 is 0 Å². The Morgan fingerprint density at radius 2 is 1.21 bits per heavy atom. The molecule has 0 unspecified atom stereocenters. The Kier molecular flexibility index (Phi) is 7.52. The van der Waals surface area contributed by atoms with Crippen LogP contribution in [-0.4, -0.2) is 23.9 Å². The molecule has 78 valence electrons. The van der Waals surface area contributed by atoms with Gasteiger partial charge in [-0.25, -0.2) is 0 Å². The van der Waals surface area contributed by atoms with Crippen LogP contribution in [0.25, 0.3) is 0 Å². The largest absolute Gasteiger partial charge is 0.343 e. The van der Waals surface area contributed by atoms with Crippen molar-refractivity contribution in [3.8, 4) is 0 Å². The summed E-state index contributed by atoms with van der Waals surface area (Å²) < 4.78 is 0. The smallest absolute Gasteiger partial charge is 0.219 e. The fourth-order valence-corrected chi connectivity index (χ4v) is 1.05. The number of hydrogen-bond acceptors (Lipinski definition) is 1. The second-order valence-electron chi connectivity index (χ2n) is 2.85. The highest BCUT2D eigenvalue weighted by Crippen LogP contribution is 1.84. The molecular weight excluding hydrogens is 174 g/mol. The lowest BCUT2D eigenvalue weighted by atomic mass is 10.4. The number of carbonyl (C=O) groups is 1. The lowest BCUT2D eigenvalue weighted by Gasteiger charge is -2.14. The van der Waals surface area contributed by atoms with E-state index in [2.05, 4.69) is 0 Å². The fourth-order valence-electron chi connectivity index (χ4n) is 1.05. The van der Waals surface area contributed by atoms with Crippen LogP contribution in [0.15, 0.2) is 36.4 Å². The summed E-state index contributed by atoms with van der Waals surface area (Å²) in [6.07, 6.45) is 0. The minimum Gasteiger partial charge on any atom is -0.343 e. The van der Waals surface area contributed by atoms with Gasteiger partial charge in [-0.2, -0.15) is 0 Å². The molecule has 14 heavy (non-hydrogen) atoms. The topological polar surface area (TPSA) is 20.3 Å². The van der Waals surface area contributed by atoms with Crippen LogP contribution in [0, 0.1) is 0 Å². The van der Waals surface area contributed by atoms with Gasteiger partial charge in [-0.15, -0.1) is 0 Å². The highest BCUT2D eigenvalue weighted by atomic mass is 16.2. The summed E-state index contributed by atoms with van der Waals surface area (Å²) in [5.74, 6) is 0.162. The zero-order valence-corrected chi connectivity index (χ0v) is 9.23. The van der Waals surface area contributed by atoms with E-state index in [0.29, 0.717) is 0 Å². The Morgan fingerprint density at radius 1 is 0.929 bits per heavy atom. The SMILES string of the molecule is CCN(CC)C(C)=O.c1ccccc1. The first-order valence-corrected chi connectivity index (χ1v) is 4.97. The molecule has 0 bridgehead atoms. The van der Waals surface area contributed by atoms with Crippen molar-refractivity contribution in [3.05, 3.63) is 36.4 Å². The molecule has 1 amide bonds. The Bertz CT molecular complexity index is 203. The van der Waals surface area contributed by atoms with Crippen molar-refractivity contribution in [2.75, 3.05) is 13.1 Å². The van der Waals surface area contributed by atoms with Crippen LogP contribution in [0.4, 0.5) is 0 Å². The summed E-state index contributed by atoms with van der Waals surface area (Å²) >= 11 is 0. The van der Waals surface area contributed by atoms with E-state index in [1.165, 1.54) is 0 Å². The Labute approximate surface area is 86.5 Å². The average molecular weight is 193 g/mol. The molecule has 0 saturated carbocycles. The first kappa shape index (κ1) is 12.7. The fraction of sp³-hybridized carbons (Fsp3) is 0.417. The van der Waals surface area contributed by atoms with Gasteiger partial charge in [0, 0.05) is 20.0 Å². The Balaban J connectivity index is 0.000000249. The molecule has 0 heterocycles. The molecule has 0 radical (unpaired) electrons. The van der Waals surface area contributed by atoms with Gasteiger partial charge in [0.25, 0.3) is 0 Å². The third-order valence-corrected chi connectivity index (χ3v) is 1.88. The van der Waals surface area contributed by atoms with Crippen molar-refractivity contribution in [2.24, 2.45) is 0 Å². The van der Waals surface area contributed by atoms with E-state index in [0.717, 1.165) is 13.1 Å². The van der Waals surface area contributed by atoms with Gasteiger partial charge < -0.3 is 4.90 Å². The maximum atomic E-state index is 10.5. The van der Waals surface area contributed by atoms with Crippen LogP contribution in [0.3, 0.4) is 0 Å². The van der Waals surface area contributed by atoms with Gasteiger partial charge in [-0.1, -0.05) is 36.4 Å². The maximum absolute atomic E-state index is 10.5. The lowest BCUT2D eigenvalue weighted by Crippen LogP contribution is -2.27. The van der Waals surface area contributed by atoms with Crippen molar-refractivity contribution >= 4 is 5.91 Å². The Hall–Kier alpha value is -1.31. The van der Waals surface area contributed by atoms with Crippen LogP contribution in [0.5, 0.6) is 0 Å². The average Bonchev–Trinajstić information content (AvgIpc) is 2.22. The normalized spacial score (nSPS) is 8.50. The second kappa shape index (κ2) is 8.30. The first-order chi connectivity index (χ1) is 6.72. The molecule has 0 aliphatic rings. The third-order valence-electron chi connectivity index (χ3n) is 1.88. The first-order valence-electron chi connectivity index (χ1n) is 4.97. The molecule has 0 aliphatic carbocycles. The van der Waals surface area contributed by atoms with Crippen LogP contribution in [0.1, 0.15) is 20.8 Å². The van der Waals surface area contributed by atoms with E-state index in [4.69, 9.17) is 0 Å². The Morgan fingerprint density at radius 3 is 1.29 bits per heavy atom. The summed E-state index contributed by atoms with van der Waals surface area (Å²) in [4.78, 5) is 12.3. The van der Waals surface area contributed by atoms with Crippen molar-refractivity contribution in [3.63, 3.8) is 0 Å². The molecule has 1 aromatic rings. The number of amides is 1. The van der Waals surface area contributed by atoms with Gasteiger partial charge in [-0.05, 0) is 13.8 Å². The molecule has 0 fully saturated rings. The van der Waals surface area contributed by atoms with Gasteiger partial charge in [-0.3, -0.25) is 4.79 Å². The highest BCUT2D eigenvalue weighted by molar-refractivity contribution is 5.73. The minimum atomic E-state index is 0.162. The van der Waals surface area contributed by atoms with Crippen molar-refractivity contribution < 1.29 is 4.79 Å². The van der Waals surface area contributed by atoms with Gasteiger partial charge in [0.15, 0.2) is 0 Å². The maximum Gasteiger partial charge on any atom is 0.219 e. The molecule has 2 nitrogen and oxygen atoms in total. The number of nitrogens with zero attached hydrogens (tertiary/aromatic N) is 1. The summed E-state index contributed by atoms with van der Waals surface area (Å²) in [5.41, 5.74) is 0. The predicted octanol–water partition coefficient (Wildman–Crippen LogP) is 2.56. The van der Waals surface area contributed by atoms with E-state index in [-0.39, 0.29) is 5.91 Å². The summed E-state index contributed by atoms with van der Waals surface area (Å²) in [6, 6.07) is 12.0. The van der Waals surface area contributed by atoms with Gasteiger partial charge in [0.2, 0.25) is 5.91 Å². The third kappa shape index (κ3) is 6.23. The second-order valence-corrected chi connectivity index (χ2v) is 2.85. The zero-order valence-electron chi connectivity index (χ0n) is 9.23. The molecule has 0 saturated heterocycles. The van der Waals surface area contributed by atoms with Crippen molar-refractivity contribution in [1.82, 2.24) is 4.90 Å². The summed E-state index contributed by atoms with van der Waals surface area (Å²) in [6.45, 7) is 7.19. The van der Waals surface area contributed by atoms with E-state index in [1.807, 2.05) is 50.2 Å². The van der Waals surface area contributed by atoms with E-state index in [1.54, 1.807) is 11.8 Å².